The van der Waals surface area contributed by atoms with Crippen LogP contribution in [0.3, 0.4) is 0 Å². The predicted octanol–water partition coefficient (Wildman–Crippen LogP) is 2.02. The van der Waals surface area contributed by atoms with Gasteiger partial charge in [-0.3, -0.25) is 0 Å². The number of nitrogens with zero attached hydrogens (tertiary/aromatic N) is 1. The molecule has 0 amide bonds. The largest absolute Gasteiger partial charge is 0.462 e. The number of hydrogen-bond acceptors (Lipinski definition) is 7. The number of carbonyl (C=O) groups is 2. The van der Waals surface area contributed by atoms with Crippen molar-refractivity contribution in [3.05, 3.63) is 29.2 Å². The van der Waals surface area contributed by atoms with Gasteiger partial charge in [-0.2, -0.15) is 0 Å². The van der Waals surface area contributed by atoms with Crippen LogP contribution in [0.25, 0.3) is 6.08 Å². The molecule has 0 spiro atoms. The molecule has 0 unspecified atom stereocenters. The van der Waals surface area contributed by atoms with Gasteiger partial charge in [-0.15, -0.1) is 0 Å². The molecule has 0 radical (unpaired) electrons. The van der Waals surface area contributed by atoms with E-state index in [2.05, 4.69) is 9.71 Å². The lowest BCUT2D eigenvalue weighted by Crippen LogP contribution is -2.18. The van der Waals surface area contributed by atoms with Crippen LogP contribution in [0.2, 0.25) is 0 Å². The van der Waals surface area contributed by atoms with E-state index in [-0.39, 0.29) is 24.5 Å². The summed E-state index contributed by atoms with van der Waals surface area (Å²) in [4.78, 5) is 28.8. The van der Waals surface area contributed by atoms with Gasteiger partial charge in [0, 0.05) is 6.20 Å². The molecule has 106 valence electrons. The van der Waals surface area contributed by atoms with E-state index in [1.165, 1.54) is 11.9 Å². The summed E-state index contributed by atoms with van der Waals surface area (Å²) in [6.07, 6.45) is 3.43. The minimum Gasteiger partial charge on any atom is -0.462 e. The highest BCUT2D eigenvalue weighted by Gasteiger charge is 2.24. The zero-order chi connectivity index (χ0) is 14.5. The molecule has 20 heavy (non-hydrogen) atoms. The van der Waals surface area contributed by atoms with Gasteiger partial charge in [0.2, 0.25) is 0 Å². The average Bonchev–Trinajstić information content (AvgIpc) is 2.46. The molecule has 0 aromatic carbocycles. The van der Waals surface area contributed by atoms with Crippen LogP contribution in [-0.4, -0.2) is 30.1 Å². The molecule has 0 aliphatic carbocycles. The molecule has 0 saturated heterocycles. The highest BCUT2D eigenvalue weighted by molar-refractivity contribution is 7.97. The van der Waals surface area contributed by atoms with Crippen molar-refractivity contribution in [2.45, 2.75) is 18.7 Å². The number of aromatic nitrogens is 1. The van der Waals surface area contributed by atoms with Gasteiger partial charge in [0.1, 0.15) is 0 Å². The van der Waals surface area contributed by atoms with E-state index in [0.717, 1.165) is 4.90 Å². The molecule has 0 bridgehead atoms. The smallest absolute Gasteiger partial charge is 0.357 e. The molecule has 1 aromatic rings. The number of rotatable bonds is 4. The fourth-order valence-electron chi connectivity index (χ4n) is 1.64. The van der Waals surface area contributed by atoms with E-state index in [1.54, 1.807) is 32.2 Å². The third-order valence-electron chi connectivity index (χ3n) is 2.46. The number of fused-ring (bicyclic) bond motifs is 1. The van der Waals surface area contributed by atoms with E-state index < -0.39 is 11.9 Å². The first-order valence-corrected chi connectivity index (χ1v) is 6.97. The summed E-state index contributed by atoms with van der Waals surface area (Å²) in [5.74, 6) is -1.21. The Morgan fingerprint density at radius 2 is 1.95 bits per heavy atom. The Kier molecular flexibility index (Phi) is 4.62. The summed E-state index contributed by atoms with van der Waals surface area (Å²) >= 11 is 1.31. The second-order valence-electron chi connectivity index (χ2n) is 3.76. The van der Waals surface area contributed by atoms with E-state index in [1.807, 2.05) is 0 Å². The van der Waals surface area contributed by atoms with Gasteiger partial charge in [-0.25, -0.2) is 14.6 Å². The van der Waals surface area contributed by atoms with Crippen LogP contribution in [0.5, 0.6) is 0 Å². The fraction of sp³-hybridized carbons (Fsp3) is 0.308. The quantitative estimate of drug-likeness (QED) is 0.672. The molecule has 6 nitrogen and oxygen atoms in total. The minimum atomic E-state index is -0.629. The second kappa shape index (κ2) is 6.42. The summed E-state index contributed by atoms with van der Waals surface area (Å²) in [5.41, 5.74) is 0.717. The SMILES string of the molecule is CCOC(=O)c1cc2c(nc1C(=O)OCC)C=CNS2. The van der Waals surface area contributed by atoms with Crippen LogP contribution in [-0.2, 0) is 9.47 Å². The second-order valence-corrected chi connectivity index (χ2v) is 4.64. The Morgan fingerprint density at radius 1 is 1.25 bits per heavy atom. The van der Waals surface area contributed by atoms with E-state index in [4.69, 9.17) is 9.47 Å². The Morgan fingerprint density at radius 3 is 2.65 bits per heavy atom. The lowest BCUT2D eigenvalue weighted by atomic mass is 10.1. The van der Waals surface area contributed by atoms with Crippen LogP contribution < -0.4 is 4.72 Å². The maximum absolute atomic E-state index is 11.9. The van der Waals surface area contributed by atoms with Gasteiger partial charge in [-0.1, -0.05) is 0 Å². The van der Waals surface area contributed by atoms with Crippen molar-refractivity contribution in [2.75, 3.05) is 13.2 Å². The minimum absolute atomic E-state index is 0.0174. The topological polar surface area (TPSA) is 77.5 Å². The van der Waals surface area contributed by atoms with Gasteiger partial charge >= 0.3 is 11.9 Å². The molecule has 0 saturated carbocycles. The molecule has 2 heterocycles. The van der Waals surface area contributed by atoms with Crippen LogP contribution in [0, 0.1) is 0 Å². The Bertz CT molecular complexity index is 572. The maximum atomic E-state index is 11.9. The first kappa shape index (κ1) is 14.4. The highest BCUT2D eigenvalue weighted by Crippen LogP contribution is 2.27. The number of ether oxygens (including phenoxy) is 2. The predicted molar refractivity (Wildman–Crippen MR) is 74.2 cm³/mol. The monoisotopic (exact) mass is 294 g/mol. The molecule has 1 aliphatic heterocycles. The standard InChI is InChI=1S/C13H14N2O4S/c1-3-18-12(16)8-7-10-9(5-6-14-20-10)15-11(8)13(17)19-4-2/h5-7,14H,3-4H2,1-2H3. The van der Waals surface area contributed by atoms with Gasteiger partial charge in [0.15, 0.2) is 5.69 Å². The van der Waals surface area contributed by atoms with Crippen molar-refractivity contribution in [1.29, 1.82) is 0 Å². The Labute approximate surface area is 120 Å². The highest BCUT2D eigenvalue weighted by atomic mass is 32.2. The molecule has 7 heteroatoms. The zero-order valence-electron chi connectivity index (χ0n) is 11.1. The van der Waals surface area contributed by atoms with Gasteiger partial charge in [0.25, 0.3) is 0 Å². The third-order valence-corrected chi connectivity index (χ3v) is 3.26. The van der Waals surface area contributed by atoms with E-state index in [0.29, 0.717) is 5.69 Å². The molecule has 1 N–H and O–H groups in total. The van der Waals surface area contributed by atoms with Crippen molar-refractivity contribution < 1.29 is 19.1 Å². The molecule has 1 aromatic heterocycles. The van der Waals surface area contributed by atoms with Gasteiger partial charge < -0.3 is 14.2 Å². The summed E-state index contributed by atoms with van der Waals surface area (Å²) in [6.45, 7) is 3.84. The Balaban J connectivity index is 2.48. The number of nitrogens with one attached hydrogen (secondary N) is 1. The molecule has 1 aliphatic rings. The summed E-state index contributed by atoms with van der Waals surface area (Å²) in [5, 5.41) is 0. The fourth-order valence-corrected chi connectivity index (χ4v) is 2.30. The molecule has 0 atom stereocenters. The van der Waals surface area contributed by atoms with Crippen molar-refractivity contribution in [2.24, 2.45) is 0 Å². The number of esters is 2. The Hall–Kier alpha value is -2.02. The normalized spacial score (nSPS) is 12.3. The van der Waals surface area contributed by atoms with Crippen LogP contribution in [0.15, 0.2) is 17.2 Å². The number of hydrogen-bond donors (Lipinski definition) is 1. The van der Waals surface area contributed by atoms with E-state index >= 15 is 0 Å². The number of carbonyl (C=O) groups excluding carboxylic acids is 2. The summed E-state index contributed by atoms with van der Waals surface area (Å²) < 4.78 is 12.8. The average molecular weight is 294 g/mol. The van der Waals surface area contributed by atoms with Crippen molar-refractivity contribution in [3.63, 3.8) is 0 Å². The van der Waals surface area contributed by atoms with Crippen LogP contribution in [0.4, 0.5) is 0 Å². The lowest BCUT2D eigenvalue weighted by molar-refractivity contribution is 0.0473. The first-order chi connectivity index (χ1) is 9.67. The summed E-state index contributed by atoms with van der Waals surface area (Å²) in [7, 11) is 0. The van der Waals surface area contributed by atoms with Gasteiger partial charge in [0.05, 0.1) is 29.4 Å². The van der Waals surface area contributed by atoms with Crippen LogP contribution >= 0.6 is 11.9 Å². The third kappa shape index (κ3) is 2.93. The molecular formula is C13H14N2O4S. The van der Waals surface area contributed by atoms with Crippen LogP contribution in [0.1, 0.15) is 40.4 Å². The molecular weight excluding hydrogens is 280 g/mol. The van der Waals surface area contributed by atoms with E-state index in [9.17, 15) is 9.59 Å². The van der Waals surface area contributed by atoms with Crippen molar-refractivity contribution in [3.8, 4) is 0 Å². The molecule has 0 fully saturated rings. The first-order valence-electron chi connectivity index (χ1n) is 6.15. The van der Waals surface area contributed by atoms with Crippen molar-refractivity contribution >= 4 is 30.0 Å². The maximum Gasteiger partial charge on any atom is 0.357 e. The zero-order valence-corrected chi connectivity index (χ0v) is 12.0. The summed E-state index contributed by atoms with van der Waals surface area (Å²) in [6, 6.07) is 1.59. The van der Waals surface area contributed by atoms with Crippen molar-refractivity contribution in [1.82, 2.24) is 9.71 Å². The number of pyridine rings is 1. The molecule has 2 rings (SSSR count). The van der Waals surface area contributed by atoms with Gasteiger partial charge in [-0.05, 0) is 37.9 Å². The lowest BCUT2D eigenvalue weighted by Gasteiger charge is -2.14.